The van der Waals surface area contributed by atoms with Gasteiger partial charge in [0.25, 0.3) is 5.91 Å². The molecule has 0 unspecified atom stereocenters. The molecule has 0 bridgehead atoms. The topological polar surface area (TPSA) is 73.7 Å². The number of aryl methyl sites for hydroxylation is 3. The van der Waals surface area contributed by atoms with Crippen molar-refractivity contribution < 1.29 is 19.1 Å². The summed E-state index contributed by atoms with van der Waals surface area (Å²) in [5.74, 6) is 0.0112. The molecule has 170 valence electrons. The Morgan fingerprint density at radius 3 is 2.52 bits per heavy atom. The van der Waals surface area contributed by atoms with Gasteiger partial charge in [0.05, 0.1) is 23.9 Å². The van der Waals surface area contributed by atoms with E-state index in [1.165, 1.54) is 15.1 Å². The minimum atomic E-state index is -0.460. The van der Waals surface area contributed by atoms with Gasteiger partial charge in [-0.3, -0.25) is 19.2 Å². The van der Waals surface area contributed by atoms with Gasteiger partial charge in [0, 0.05) is 20.1 Å². The van der Waals surface area contributed by atoms with Crippen LogP contribution in [0.1, 0.15) is 54.0 Å². The molecule has 2 rings (SSSR count). The summed E-state index contributed by atoms with van der Waals surface area (Å²) in [5.41, 5.74) is 2.93. The summed E-state index contributed by atoms with van der Waals surface area (Å²) in [5, 5.41) is 4.44. The SMILES string of the molecule is CCCC(=O)N(CCOc1ccc(CCOCC)cc1C)C(=O)c1c(Cl)c(C)nn1C. The molecule has 7 nitrogen and oxygen atoms in total. The summed E-state index contributed by atoms with van der Waals surface area (Å²) in [4.78, 5) is 26.9. The lowest BCUT2D eigenvalue weighted by Gasteiger charge is -2.21. The van der Waals surface area contributed by atoms with Crippen LogP contribution in [-0.4, -0.2) is 52.9 Å². The van der Waals surface area contributed by atoms with Crippen molar-refractivity contribution in [1.29, 1.82) is 0 Å². The molecule has 0 saturated carbocycles. The fourth-order valence-electron chi connectivity index (χ4n) is 3.29. The average molecular weight is 450 g/mol. The second kappa shape index (κ2) is 11.9. The Balaban J connectivity index is 2.07. The van der Waals surface area contributed by atoms with E-state index in [1.807, 2.05) is 32.9 Å². The first-order valence-corrected chi connectivity index (χ1v) is 11.0. The van der Waals surface area contributed by atoms with Crippen molar-refractivity contribution in [2.45, 2.75) is 47.0 Å². The van der Waals surface area contributed by atoms with Crippen molar-refractivity contribution in [2.75, 3.05) is 26.4 Å². The molecule has 8 heteroatoms. The zero-order valence-electron chi connectivity index (χ0n) is 19.0. The maximum absolute atomic E-state index is 13.1. The lowest BCUT2D eigenvalue weighted by molar-refractivity contribution is -0.129. The number of amides is 2. The maximum atomic E-state index is 13.1. The van der Waals surface area contributed by atoms with Gasteiger partial charge in [-0.1, -0.05) is 30.7 Å². The third-order valence-corrected chi connectivity index (χ3v) is 5.37. The predicted molar refractivity (Wildman–Crippen MR) is 121 cm³/mol. The third kappa shape index (κ3) is 6.55. The van der Waals surface area contributed by atoms with Gasteiger partial charge in [0.15, 0.2) is 0 Å². The average Bonchev–Trinajstić information content (AvgIpc) is 2.98. The molecule has 1 heterocycles. The van der Waals surface area contributed by atoms with Gasteiger partial charge in [0.1, 0.15) is 18.1 Å². The van der Waals surface area contributed by atoms with Crippen LogP contribution in [0, 0.1) is 13.8 Å². The summed E-state index contributed by atoms with van der Waals surface area (Å²) < 4.78 is 12.7. The summed E-state index contributed by atoms with van der Waals surface area (Å²) >= 11 is 6.26. The molecule has 1 aromatic carbocycles. The number of carbonyl (C=O) groups is 2. The third-order valence-electron chi connectivity index (χ3n) is 4.91. The van der Waals surface area contributed by atoms with Gasteiger partial charge < -0.3 is 9.47 Å². The number of imide groups is 1. The quantitative estimate of drug-likeness (QED) is 0.482. The van der Waals surface area contributed by atoms with Crippen LogP contribution in [0.15, 0.2) is 18.2 Å². The Bertz CT molecular complexity index is 910. The first-order valence-electron chi connectivity index (χ1n) is 10.6. The number of halogens is 1. The van der Waals surface area contributed by atoms with Crippen LogP contribution in [0.3, 0.4) is 0 Å². The van der Waals surface area contributed by atoms with Crippen molar-refractivity contribution in [3.05, 3.63) is 45.7 Å². The lowest BCUT2D eigenvalue weighted by atomic mass is 10.1. The standard InChI is InChI=1S/C23H32ClN3O4/c1-6-8-20(28)27(23(29)22-21(24)17(4)25-26(22)5)12-14-31-19-10-9-18(15-16(19)3)11-13-30-7-2/h9-10,15H,6-8,11-14H2,1-5H3. The molecule has 2 amide bonds. The van der Waals surface area contributed by atoms with Gasteiger partial charge in [-0.2, -0.15) is 5.10 Å². The molecule has 0 aliphatic heterocycles. The maximum Gasteiger partial charge on any atom is 0.280 e. The van der Waals surface area contributed by atoms with Crippen LogP contribution in [0.4, 0.5) is 0 Å². The Kier molecular flexibility index (Phi) is 9.52. The van der Waals surface area contributed by atoms with Gasteiger partial charge in [0.2, 0.25) is 5.91 Å². The number of hydrogen-bond donors (Lipinski definition) is 0. The highest BCUT2D eigenvalue weighted by molar-refractivity contribution is 6.34. The fourth-order valence-corrected chi connectivity index (χ4v) is 3.53. The van der Waals surface area contributed by atoms with E-state index in [-0.39, 0.29) is 36.2 Å². The molecular weight excluding hydrogens is 418 g/mol. The number of aromatic nitrogens is 2. The smallest absolute Gasteiger partial charge is 0.280 e. The molecule has 0 atom stereocenters. The Morgan fingerprint density at radius 1 is 1.19 bits per heavy atom. The summed E-state index contributed by atoms with van der Waals surface area (Å²) in [7, 11) is 1.64. The highest BCUT2D eigenvalue weighted by Gasteiger charge is 2.28. The molecule has 0 aliphatic rings. The summed E-state index contributed by atoms with van der Waals surface area (Å²) in [6, 6.07) is 5.99. The number of nitrogens with zero attached hydrogens (tertiary/aromatic N) is 3. The molecule has 0 radical (unpaired) electrons. The second-order valence-corrected chi connectivity index (χ2v) is 7.75. The van der Waals surface area contributed by atoms with E-state index in [2.05, 4.69) is 11.2 Å². The van der Waals surface area contributed by atoms with Crippen LogP contribution in [0.2, 0.25) is 5.02 Å². The van der Waals surface area contributed by atoms with Crippen LogP contribution >= 0.6 is 11.6 Å². The number of benzene rings is 1. The minimum absolute atomic E-state index is 0.129. The van der Waals surface area contributed by atoms with Gasteiger partial charge >= 0.3 is 0 Å². The molecule has 0 aliphatic carbocycles. The van der Waals surface area contributed by atoms with E-state index in [0.717, 1.165) is 17.7 Å². The van der Waals surface area contributed by atoms with Crippen LogP contribution in [0.5, 0.6) is 5.75 Å². The molecule has 31 heavy (non-hydrogen) atoms. The lowest BCUT2D eigenvalue weighted by Crippen LogP contribution is -2.40. The van der Waals surface area contributed by atoms with E-state index in [9.17, 15) is 9.59 Å². The highest BCUT2D eigenvalue weighted by atomic mass is 35.5. The van der Waals surface area contributed by atoms with E-state index in [4.69, 9.17) is 21.1 Å². The monoisotopic (exact) mass is 449 g/mol. The van der Waals surface area contributed by atoms with Gasteiger partial charge in [-0.25, -0.2) is 0 Å². The zero-order valence-corrected chi connectivity index (χ0v) is 19.8. The van der Waals surface area contributed by atoms with Crippen molar-refractivity contribution in [3.8, 4) is 5.75 Å². The van der Waals surface area contributed by atoms with Gasteiger partial charge in [-0.05, 0) is 50.8 Å². The first-order chi connectivity index (χ1) is 14.8. The number of rotatable bonds is 11. The Labute approximate surface area is 189 Å². The van der Waals surface area contributed by atoms with Crippen molar-refractivity contribution in [3.63, 3.8) is 0 Å². The highest BCUT2D eigenvalue weighted by Crippen LogP contribution is 2.22. The number of ether oxygens (including phenoxy) is 2. The van der Waals surface area contributed by atoms with Crippen molar-refractivity contribution in [1.82, 2.24) is 14.7 Å². The van der Waals surface area contributed by atoms with E-state index >= 15 is 0 Å². The summed E-state index contributed by atoms with van der Waals surface area (Å²) in [6.45, 7) is 9.28. The minimum Gasteiger partial charge on any atom is -0.491 e. The molecule has 0 spiro atoms. The normalized spacial score (nSPS) is 10.9. The Morgan fingerprint density at radius 2 is 1.94 bits per heavy atom. The van der Waals surface area contributed by atoms with Gasteiger partial charge in [-0.15, -0.1) is 0 Å². The van der Waals surface area contributed by atoms with Crippen LogP contribution < -0.4 is 4.74 Å². The fraction of sp³-hybridized carbons (Fsp3) is 0.522. The van der Waals surface area contributed by atoms with Crippen LogP contribution in [0.25, 0.3) is 0 Å². The molecule has 1 aromatic heterocycles. The molecular formula is C23H32ClN3O4. The van der Waals surface area contributed by atoms with E-state index < -0.39 is 5.91 Å². The van der Waals surface area contributed by atoms with Crippen molar-refractivity contribution in [2.24, 2.45) is 7.05 Å². The first kappa shape index (κ1) is 24.9. The molecule has 0 fully saturated rings. The van der Waals surface area contributed by atoms with Crippen molar-refractivity contribution >= 4 is 23.4 Å². The zero-order chi connectivity index (χ0) is 23.0. The van der Waals surface area contributed by atoms with E-state index in [1.54, 1.807) is 14.0 Å². The predicted octanol–water partition coefficient (Wildman–Crippen LogP) is 4.12. The number of carbonyl (C=O) groups excluding carboxylic acids is 2. The largest absolute Gasteiger partial charge is 0.491 e. The Hall–Kier alpha value is -2.38. The molecule has 0 N–H and O–H groups in total. The molecule has 0 saturated heterocycles. The number of hydrogen-bond acceptors (Lipinski definition) is 5. The van der Waals surface area contributed by atoms with E-state index in [0.29, 0.717) is 25.3 Å². The van der Waals surface area contributed by atoms with Crippen LogP contribution in [-0.2, 0) is 23.0 Å². The molecule has 2 aromatic rings. The summed E-state index contributed by atoms with van der Waals surface area (Å²) in [6.07, 6.45) is 1.76. The second-order valence-electron chi connectivity index (χ2n) is 7.37.